The van der Waals surface area contributed by atoms with Gasteiger partial charge in [-0.15, -0.1) is 0 Å². The quantitative estimate of drug-likeness (QED) is 0.200. The van der Waals surface area contributed by atoms with Crippen LogP contribution in [-0.4, -0.2) is 57.0 Å². The smallest absolute Gasteiger partial charge is 0.264 e. The number of nitrogens with zero attached hydrogens (tertiary/aromatic N) is 2. The first kappa shape index (κ1) is 34.0. The van der Waals surface area contributed by atoms with Gasteiger partial charge in [0.2, 0.25) is 11.8 Å². The molecule has 0 spiro atoms. The van der Waals surface area contributed by atoms with E-state index in [4.69, 9.17) is 9.47 Å². The molecule has 2 aliphatic rings. The molecule has 1 atom stereocenters. The molecule has 4 aromatic rings. The van der Waals surface area contributed by atoms with Gasteiger partial charge in [-0.3, -0.25) is 13.9 Å². The molecule has 0 aromatic heterocycles. The predicted molar refractivity (Wildman–Crippen MR) is 184 cm³/mol. The number of nitrogens with one attached hydrogen (secondary N) is 1. The zero-order valence-corrected chi connectivity index (χ0v) is 28.0. The number of amides is 2. The Balaban J connectivity index is 1.38. The van der Waals surface area contributed by atoms with Crippen LogP contribution in [0.4, 0.5) is 10.1 Å². The Kier molecular flexibility index (Phi) is 10.8. The molecule has 0 radical (unpaired) electrons. The van der Waals surface area contributed by atoms with Crippen LogP contribution in [0.15, 0.2) is 108 Å². The van der Waals surface area contributed by atoms with Crippen LogP contribution in [0.3, 0.4) is 0 Å². The van der Waals surface area contributed by atoms with Gasteiger partial charge in [-0.25, -0.2) is 12.8 Å². The van der Waals surface area contributed by atoms with E-state index < -0.39 is 34.3 Å². The molecule has 1 heterocycles. The third-order valence-electron chi connectivity index (χ3n) is 8.91. The van der Waals surface area contributed by atoms with Gasteiger partial charge in [0, 0.05) is 25.1 Å². The van der Waals surface area contributed by atoms with E-state index in [-0.39, 0.29) is 47.9 Å². The number of benzene rings is 4. The maximum Gasteiger partial charge on any atom is 0.264 e. The number of halogens is 1. The lowest BCUT2D eigenvalue weighted by Gasteiger charge is -2.35. The number of hydrogen-bond donors (Lipinski definition) is 1. The minimum atomic E-state index is -4.40. The van der Waals surface area contributed by atoms with Crippen molar-refractivity contribution >= 4 is 27.5 Å². The fraction of sp³-hybridized carbons (Fsp3) is 0.316. The van der Waals surface area contributed by atoms with E-state index in [1.54, 1.807) is 0 Å². The standard InChI is InChI=1S/C38H40FN3O6S/c39-30-16-18-32(19-17-30)42(49(45,46)33-20-21-35-36(25-33)48-23-22-47-35)27-37(43)41(26-29-12-6-2-7-13-29)34(24-28-10-4-1-5-11-28)38(44)40-31-14-8-3-9-15-31/h1-2,4-7,10-13,16-21,25,31,34H,3,8-9,14-15,22-24,26-27H2,(H,40,44)/t34-/m0/s1. The Morgan fingerprint density at radius 3 is 2.10 bits per heavy atom. The summed E-state index contributed by atoms with van der Waals surface area (Å²) in [6.45, 7) is 0.0235. The maximum atomic E-state index is 14.7. The van der Waals surface area contributed by atoms with Crippen LogP contribution in [0.1, 0.15) is 43.2 Å². The molecular weight excluding hydrogens is 645 g/mol. The molecule has 4 aromatic carbocycles. The van der Waals surface area contributed by atoms with E-state index in [0.717, 1.165) is 59.7 Å². The first-order chi connectivity index (χ1) is 23.8. The van der Waals surface area contributed by atoms with Crippen LogP contribution in [-0.2, 0) is 32.6 Å². The molecule has 2 amide bonds. The molecule has 1 saturated carbocycles. The minimum absolute atomic E-state index is 0.000463. The number of ether oxygens (including phenoxy) is 2. The second-order valence-electron chi connectivity index (χ2n) is 12.3. The molecule has 1 N–H and O–H groups in total. The highest BCUT2D eigenvalue weighted by Gasteiger charge is 2.36. The lowest BCUT2D eigenvalue weighted by atomic mass is 9.94. The van der Waals surface area contributed by atoms with Crippen molar-refractivity contribution in [2.45, 2.75) is 62.0 Å². The fourth-order valence-corrected chi connectivity index (χ4v) is 7.76. The predicted octanol–water partition coefficient (Wildman–Crippen LogP) is 5.88. The van der Waals surface area contributed by atoms with Gasteiger partial charge in [0.15, 0.2) is 11.5 Å². The molecule has 1 aliphatic carbocycles. The average Bonchev–Trinajstić information content (AvgIpc) is 3.13. The van der Waals surface area contributed by atoms with Crippen molar-refractivity contribution in [3.05, 3.63) is 120 Å². The van der Waals surface area contributed by atoms with Gasteiger partial charge >= 0.3 is 0 Å². The summed E-state index contributed by atoms with van der Waals surface area (Å²) in [5, 5.41) is 3.20. The average molecular weight is 686 g/mol. The number of carbonyl (C=O) groups is 2. The molecule has 49 heavy (non-hydrogen) atoms. The van der Waals surface area contributed by atoms with Gasteiger partial charge in [-0.05, 0) is 60.4 Å². The molecule has 0 saturated heterocycles. The van der Waals surface area contributed by atoms with E-state index in [1.807, 2.05) is 60.7 Å². The summed E-state index contributed by atoms with van der Waals surface area (Å²) in [6, 6.07) is 27.0. The lowest BCUT2D eigenvalue weighted by molar-refractivity contribution is -0.140. The van der Waals surface area contributed by atoms with Gasteiger partial charge in [-0.1, -0.05) is 79.9 Å². The third kappa shape index (κ3) is 8.40. The molecule has 256 valence electrons. The van der Waals surface area contributed by atoms with Gasteiger partial charge in [0.1, 0.15) is 31.6 Å². The van der Waals surface area contributed by atoms with Crippen molar-refractivity contribution in [1.82, 2.24) is 10.2 Å². The monoisotopic (exact) mass is 685 g/mol. The highest BCUT2D eigenvalue weighted by Crippen LogP contribution is 2.34. The highest BCUT2D eigenvalue weighted by molar-refractivity contribution is 7.92. The first-order valence-corrected chi connectivity index (χ1v) is 18.1. The summed E-state index contributed by atoms with van der Waals surface area (Å²) in [5.41, 5.74) is 1.73. The fourth-order valence-electron chi connectivity index (χ4n) is 6.33. The minimum Gasteiger partial charge on any atom is -0.486 e. The maximum absolute atomic E-state index is 14.7. The summed E-state index contributed by atoms with van der Waals surface area (Å²) in [6.07, 6.45) is 5.11. The van der Waals surface area contributed by atoms with Crippen LogP contribution < -0.4 is 19.1 Å². The summed E-state index contributed by atoms with van der Waals surface area (Å²) in [5.74, 6) is -0.751. The summed E-state index contributed by atoms with van der Waals surface area (Å²) in [4.78, 5) is 30.2. The van der Waals surface area contributed by atoms with E-state index in [9.17, 15) is 22.4 Å². The number of carbonyl (C=O) groups excluding carboxylic acids is 2. The van der Waals surface area contributed by atoms with Crippen molar-refractivity contribution in [1.29, 1.82) is 0 Å². The van der Waals surface area contributed by atoms with Gasteiger partial charge in [0.05, 0.1) is 10.6 Å². The Bertz CT molecular complexity index is 1830. The first-order valence-electron chi connectivity index (χ1n) is 16.6. The van der Waals surface area contributed by atoms with Crippen molar-refractivity contribution in [3.63, 3.8) is 0 Å². The molecule has 0 bridgehead atoms. The lowest BCUT2D eigenvalue weighted by Crippen LogP contribution is -2.55. The summed E-state index contributed by atoms with van der Waals surface area (Å²) < 4.78 is 55.0. The van der Waals surface area contributed by atoms with Crippen LogP contribution in [0.5, 0.6) is 11.5 Å². The van der Waals surface area contributed by atoms with Crippen LogP contribution in [0, 0.1) is 5.82 Å². The molecular formula is C38H40FN3O6S. The number of rotatable bonds is 12. The van der Waals surface area contributed by atoms with Crippen molar-refractivity contribution < 1.29 is 31.9 Å². The SMILES string of the molecule is O=C(NC1CCCCC1)[C@H](Cc1ccccc1)N(Cc1ccccc1)C(=O)CN(c1ccc(F)cc1)S(=O)(=O)c1ccc2c(c1)OCCO2. The van der Waals surface area contributed by atoms with Crippen LogP contribution in [0.25, 0.3) is 0 Å². The normalized spacial score (nSPS) is 15.2. The van der Waals surface area contributed by atoms with Crippen molar-refractivity contribution in [2.24, 2.45) is 0 Å². The largest absolute Gasteiger partial charge is 0.486 e. The zero-order chi connectivity index (χ0) is 34.2. The molecule has 1 aliphatic heterocycles. The van der Waals surface area contributed by atoms with E-state index in [0.29, 0.717) is 12.4 Å². The van der Waals surface area contributed by atoms with Crippen LogP contribution in [0.2, 0.25) is 0 Å². The Labute approximate surface area is 286 Å². The Hall–Kier alpha value is -4.90. The third-order valence-corrected chi connectivity index (χ3v) is 10.7. The van der Waals surface area contributed by atoms with Gasteiger partial charge in [-0.2, -0.15) is 0 Å². The Morgan fingerprint density at radius 2 is 1.43 bits per heavy atom. The number of fused-ring (bicyclic) bond motifs is 1. The second-order valence-corrected chi connectivity index (χ2v) is 14.2. The number of anilines is 1. The van der Waals surface area contributed by atoms with Crippen LogP contribution >= 0.6 is 0 Å². The highest BCUT2D eigenvalue weighted by atomic mass is 32.2. The number of hydrogen-bond acceptors (Lipinski definition) is 6. The summed E-state index contributed by atoms with van der Waals surface area (Å²) >= 11 is 0. The molecule has 1 fully saturated rings. The second kappa shape index (κ2) is 15.5. The van der Waals surface area contributed by atoms with Gasteiger partial charge in [0.25, 0.3) is 10.0 Å². The number of sulfonamides is 1. The van der Waals surface area contributed by atoms with Crippen molar-refractivity contribution in [3.8, 4) is 11.5 Å². The summed E-state index contributed by atoms with van der Waals surface area (Å²) in [7, 11) is -4.40. The van der Waals surface area contributed by atoms with Crippen molar-refractivity contribution in [2.75, 3.05) is 24.1 Å². The molecule has 0 unspecified atom stereocenters. The molecule has 9 nitrogen and oxygen atoms in total. The molecule has 6 rings (SSSR count). The zero-order valence-electron chi connectivity index (χ0n) is 27.2. The topological polar surface area (TPSA) is 105 Å². The van der Waals surface area contributed by atoms with E-state index in [1.165, 1.54) is 35.2 Å². The Morgan fingerprint density at radius 1 is 0.796 bits per heavy atom. The molecule has 11 heteroatoms. The van der Waals surface area contributed by atoms with E-state index >= 15 is 0 Å². The van der Waals surface area contributed by atoms with Gasteiger partial charge < -0.3 is 19.7 Å². The van der Waals surface area contributed by atoms with E-state index in [2.05, 4.69) is 5.32 Å².